The number of ether oxygens (including phenoxy) is 1. The summed E-state index contributed by atoms with van der Waals surface area (Å²) in [6, 6.07) is 21.9. The Bertz CT molecular complexity index is 1360. The number of imidazole rings is 1. The molecule has 0 aliphatic carbocycles. The van der Waals surface area contributed by atoms with E-state index in [1.165, 1.54) is 0 Å². The molecule has 4 rings (SSSR count). The molecule has 8 nitrogen and oxygen atoms in total. The first-order chi connectivity index (χ1) is 17.5. The lowest BCUT2D eigenvalue weighted by atomic mass is 10.1. The fourth-order valence-electron chi connectivity index (χ4n) is 4.11. The molecular formula is C28H31N5O3. The largest absolute Gasteiger partial charge is 0.488 e. The maximum Gasteiger partial charge on any atom is 0.257 e. The SMILES string of the molecule is CCN(CC)CCn1c(NC(=O)c2cccc(COc3ccccc3C(N)=O)c2)nc2ccccc21. The highest BCUT2D eigenvalue weighted by atomic mass is 16.5. The summed E-state index contributed by atoms with van der Waals surface area (Å²) >= 11 is 0. The van der Waals surface area contributed by atoms with Crippen LogP contribution < -0.4 is 15.8 Å². The standard InChI is InChI=1S/C28H31N5O3/c1-3-32(4-2)16-17-33-24-14-7-6-13-23(24)30-28(33)31-27(35)21-11-9-10-20(18-21)19-36-25-15-8-5-12-22(25)26(29)34/h5-15,18H,3-4,16-17,19H2,1-2H3,(H2,29,34)(H,30,31,35). The number of likely N-dealkylation sites (N-methyl/N-ethyl adjacent to an activating group) is 1. The first kappa shape index (κ1) is 24.9. The van der Waals surface area contributed by atoms with E-state index in [2.05, 4.69) is 33.6 Å². The van der Waals surface area contributed by atoms with E-state index in [0.717, 1.165) is 36.2 Å². The lowest BCUT2D eigenvalue weighted by molar-refractivity contribution is 0.0994. The Kier molecular flexibility index (Phi) is 7.97. The number of carbonyl (C=O) groups excluding carboxylic acids is 2. The topological polar surface area (TPSA) is 102 Å². The number of nitrogens with one attached hydrogen (secondary N) is 1. The van der Waals surface area contributed by atoms with Crippen molar-refractivity contribution in [2.24, 2.45) is 5.73 Å². The predicted molar refractivity (Wildman–Crippen MR) is 141 cm³/mol. The smallest absolute Gasteiger partial charge is 0.257 e. The molecule has 0 spiro atoms. The van der Waals surface area contributed by atoms with E-state index in [0.29, 0.717) is 29.4 Å². The summed E-state index contributed by atoms with van der Waals surface area (Å²) in [6.45, 7) is 7.96. The van der Waals surface area contributed by atoms with Crippen LogP contribution in [0.25, 0.3) is 11.0 Å². The molecule has 0 fully saturated rings. The number of hydrogen-bond donors (Lipinski definition) is 2. The minimum atomic E-state index is -0.553. The van der Waals surface area contributed by atoms with Crippen molar-refractivity contribution in [3.63, 3.8) is 0 Å². The first-order valence-electron chi connectivity index (χ1n) is 12.1. The minimum absolute atomic E-state index is 0.188. The lowest BCUT2D eigenvalue weighted by Crippen LogP contribution is -2.27. The van der Waals surface area contributed by atoms with E-state index in [9.17, 15) is 9.59 Å². The van der Waals surface area contributed by atoms with Crippen molar-refractivity contribution in [1.29, 1.82) is 0 Å². The van der Waals surface area contributed by atoms with Crippen LogP contribution in [0.3, 0.4) is 0 Å². The Morgan fingerprint density at radius 3 is 2.53 bits per heavy atom. The number of para-hydroxylation sites is 3. The van der Waals surface area contributed by atoms with Gasteiger partial charge in [-0.1, -0.05) is 50.2 Å². The molecule has 0 atom stereocenters. The van der Waals surface area contributed by atoms with Crippen molar-refractivity contribution in [2.75, 3.05) is 25.0 Å². The van der Waals surface area contributed by atoms with E-state index < -0.39 is 5.91 Å². The number of aromatic nitrogens is 2. The van der Waals surface area contributed by atoms with Gasteiger partial charge in [0.05, 0.1) is 16.6 Å². The summed E-state index contributed by atoms with van der Waals surface area (Å²) in [7, 11) is 0. The van der Waals surface area contributed by atoms with Gasteiger partial charge in [0.15, 0.2) is 0 Å². The number of amides is 2. The number of anilines is 1. The van der Waals surface area contributed by atoms with Crippen molar-refractivity contribution in [3.05, 3.63) is 89.5 Å². The summed E-state index contributed by atoms with van der Waals surface area (Å²) in [5, 5.41) is 2.99. The van der Waals surface area contributed by atoms with Gasteiger partial charge in [-0.25, -0.2) is 4.98 Å². The molecule has 2 amide bonds. The molecule has 3 N–H and O–H groups in total. The summed E-state index contributed by atoms with van der Waals surface area (Å²) in [4.78, 5) is 31.8. The van der Waals surface area contributed by atoms with Crippen molar-refractivity contribution in [2.45, 2.75) is 27.0 Å². The average Bonchev–Trinajstić information content (AvgIpc) is 3.25. The van der Waals surface area contributed by atoms with E-state index in [1.54, 1.807) is 42.5 Å². The van der Waals surface area contributed by atoms with Gasteiger partial charge in [-0.2, -0.15) is 0 Å². The van der Waals surface area contributed by atoms with E-state index in [-0.39, 0.29) is 12.5 Å². The molecule has 0 radical (unpaired) electrons. The summed E-state index contributed by atoms with van der Waals surface area (Å²) in [5.74, 6) is 0.114. The van der Waals surface area contributed by atoms with Crippen molar-refractivity contribution in [1.82, 2.24) is 14.5 Å². The van der Waals surface area contributed by atoms with Gasteiger partial charge >= 0.3 is 0 Å². The molecule has 0 unspecified atom stereocenters. The van der Waals surface area contributed by atoms with Gasteiger partial charge in [-0.15, -0.1) is 0 Å². The molecule has 8 heteroatoms. The number of primary amides is 1. The van der Waals surface area contributed by atoms with Gasteiger partial charge in [0.2, 0.25) is 5.95 Å². The monoisotopic (exact) mass is 485 g/mol. The highest BCUT2D eigenvalue weighted by Gasteiger charge is 2.16. The van der Waals surface area contributed by atoms with Crippen molar-refractivity contribution >= 4 is 28.8 Å². The van der Waals surface area contributed by atoms with Crippen LogP contribution in [-0.2, 0) is 13.2 Å². The van der Waals surface area contributed by atoms with Gasteiger partial charge in [-0.3, -0.25) is 14.9 Å². The molecule has 0 bridgehead atoms. The zero-order chi connectivity index (χ0) is 25.5. The maximum atomic E-state index is 13.2. The fourth-order valence-corrected chi connectivity index (χ4v) is 4.11. The predicted octanol–water partition coefficient (Wildman–Crippen LogP) is 4.31. The number of nitrogens with two attached hydrogens (primary N) is 1. The molecule has 3 aromatic carbocycles. The van der Waals surface area contributed by atoms with Crippen LogP contribution in [0.4, 0.5) is 5.95 Å². The molecule has 0 saturated heterocycles. The van der Waals surface area contributed by atoms with Crippen LogP contribution in [0, 0.1) is 0 Å². The molecule has 1 aromatic heterocycles. The number of nitrogens with zero attached hydrogens (tertiary/aromatic N) is 3. The van der Waals surface area contributed by atoms with Crippen LogP contribution in [0.2, 0.25) is 0 Å². The molecule has 0 aliphatic rings. The van der Waals surface area contributed by atoms with Gasteiger partial charge in [0.25, 0.3) is 11.8 Å². The Morgan fingerprint density at radius 2 is 1.75 bits per heavy atom. The molecule has 4 aromatic rings. The number of hydrogen-bond acceptors (Lipinski definition) is 5. The number of benzene rings is 3. The van der Waals surface area contributed by atoms with Gasteiger partial charge in [0, 0.05) is 18.7 Å². The van der Waals surface area contributed by atoms with Crippen LogP contribution in [0.15, 0.2) is 72.8 Å². The van der Waals surface area contributed by atoms with Crippen LogP contribution in [-0.4, -0.2) is 45.9 Å². The highest BCUT2D eigenvalue weighted by Crippen LogP contribution is 2.22. The molecular weight excluding hydrogens is 454 g/mol. The number of carbonyl (C=O) groups is 2. The van der Waals surface area contributed by atoms with E-state index in [4.69, 9.17) is 10.5 Å². The zero-order valence-corrected chi connectivity index (χ0v) is 20.6. The molecule has 36 heavy (non-hydrogen) atoms. The number of fused-ring (bicyclic) bond motifs is 1. The third-order valence-corrected chi connectivity index (χ3v) is 6.15. The summed E-state index contributed by atoms with van der Waals surface area (Å²) in [6.07, 6.45) is 0. The minimum Gasteiger partial charge on any atom is -0.488 e. The van der Waals surface area contributed by atoms with Gasteiger partial charge in [0.1, 0.15) is 12.4 Å². The first-order valence-corrected chi connectivity index (χ1v) is 12.1. The Balaban J connectivity index is 1.51. The maximum absolute atomic E-state index is 13.2. The molecule has 1 heterocycles. The van der Waals surface area contributed by atoms with Crippen LogP contribution in [0.5, 0.6) is 5.75 Å². The second-order valence-corrected chi connectivity index (χ2v) is 8.41. The normalized spacial score (nSPS) is 11.1. The van der Waals surface area contributed by atoms with E-state index in [1.807, 2.05) is 30.3 Å². The van der Waals surface area contributed by atoms with Crippen LogP contribution >= 0.6 is 0 Å². The third-order valence-electron chi connectivity index (χ3n) is 6.15. The summed E-state index contributed by atoms with van der Waals surface area (Å²) in [5.41, 5.74) is 8.84. The quantitative estimate of drug-likeness (QED) is 0.330. The second-order valence-electron chi connectivity index (χ2n) is 8.41. The van der Waals surface area contributed by atoms with Crippen molar-refractivity contribution in [3.8, 4) is 5.75 Å². The average molecular weight is 486 g/mol. The molecule has 0 saturated carbocycles. The second kappa shape index (κ2) is 11.5. The highest BCUT2D eigenvalue weighted by molar-refractivity contribution is 6.04. The van der Waals surface area contributed by atoms with Gasteiger partial charge in [-0.05, 0) is 55.1 Å². The van der Waals surface area contributed by atoms with E-state index >= 15 is 0 Å². The zero-order valence-electron chi connectivity index (χ0n) is 20.6. The number of rotatable bonds is 11. The third kappa shape index (κ3) is 5.72. The molecule has 0 aliphatic heterocycles. The van der Waals surface area contributed by atoms with Crippen molar-refractivity contribution < 1.29 is 14.3 Å². The lowest BCUT2D eigenvalue weighted by Gasteiger charge is -2.19. The molecule has 186 valence electrons. The summed E-state index contributed by atoms with van der Waals surface area (Å²) < 4.78 is 7.87. The van der Waals surface area contributed by atoms with Gasteiger partial charge < -0.3 is 19.9 Å². The Hall–Kier alpha value is -4.17. The van der Waals surface area contributed by atoms with Crippen LogP contribution in [0.1, 0.15) is 40.1 Å². The Labute approximate surface area is 210 Å². The fraction of sp³-hybridized carbons (Fsp3) is 0.250. The Morgan fingerprint density at radius 1 is 1.00 bits per heavy atom.